The van der Waals surface area contributed by atoms with Crippen LogP contribution in [-0.4, -0.2) is 66.9 Å². The van der Waals surface area contributed by atoms with E-state index in [9.17, 15) is 4.79 Å². The number of carbonyl (C=O) groups is 1. The standard InChI is InChI=1S/C26H33N5O3/c1-30-11-9-19(10-12-30)17-31(18-20-5-4-6-23(13-20)33-2)26(32)29-24-8-7-21(14-25(24)34-3)22-15-27-28-16-22/h4-8,13-16,19H,9-12,17-18H2,1-3H3,(H,27,28)(H,29,32). The van der Waals surface area contributed by atoms with Crippen LogP contribution in [0.5, 0.6) is 11.5 Å². The molecule has 1 aliphatic rings. The van der Waals surface area contributed by atoms with E-state index in [0.717, 1.165) is 48.4 Å². The molecule has 0 spiro atoms. The van der Waals surface area contributed by atoms with Crippen LogP contribution in [0.2, 0.25) is 0 Å². The molecule has 8 heteroatoms. The van der Waals surface area contributed by atoms with Crippen LogP contribution in [0.15, 0.2) is 54.9 Å². The summed E-state index contributed by atoms with van der Waals surface area (Å²) in [6.45, 7) is 3.32. The summed E-state index contributed by atoms with van der Waals surface area (Å²) in [4.78, 5) is 17.7. The zero-order chi connectivity index (χ0) is 23.9. The van der Waals surface area contributed by atoms with Crippen LogP contribution in [0.25, 0.3) is 11.1 Å². The quantitative estimate of drug-likeness (QED) is 0.515. The lowest BCUT2D eigenvalue weighted by molar-refractivity contribution is 0.163. The predicted octanol–water partition coefficient (Wildman–Crippen LogP) is 4.47. The highest BCUT2D eigenvalue weighted by atomic mass is 16.5. The SMILES string of the molecule is COc1cccc(CN(CC2CCN(C)CC2)C(=O)Nc2ccc(-c3cn[nH]c3)cc2OC)c1. The summed E-state index contributed by atoms with van der Waals surface area (Å²) in [5.74, 6) is 1.86. The van der Waals surface area contributed by atoms with E-state index < -0.39 is 0 Å². The fraction of sp³-hybridized carbons (Fsp3) is 0.385. The van der Waals surface area contributed by atoms with E-state index in [0.29, 0.717) is 30.4 Å². The molecule has 0 radical (unpaired) electrons. The summed E-state index contributed by atoms with van der Waals surface area (Å²) in [5.41, 5.74) is 3.59. The second-order valence-corrected chi connectivity index (χ2v) is 8.81. The number of hydrogen-bond acceptors (Lipinski definition) is 5. The number of likely N-dealkylation sites (tertiary alicyclic amines) is 1. The van der Waals surface area contributed by atoms with E-state index in [-0.39, 0.29) is 6.03 Å². The first-order chi connectivity index (χ1) is 16.6. The summed E-state index contributed by atoms with van der Waals surface area (Å²) in [5, 5.41) is 9.91. The Labute approximate surface area is 200 Å². The second kappa shape index (κ2) is 11.1. The van der Waals surface area contributed by atoms with Crippen LogP contribution in [0.3, 0.4) is 0 Å². The summed E-state index contributed by atoms with van der Waals surface area (Å²) >= 11 is 0. The second-order valence-electron chi connectivity index (χ2n) is 8.81. The van der Waals surface area contributed by atoms with Gasteiger partial charge in [-0.15, -0.1) is 0 Å². The van der Waals surface area contributed by atoms with E-state index in [1.807, 2.05) is 53.6 Å². The Morgan fingerprint density at radius 2 is 1.97 bits per heavy atom. The maximum absolute atomic E-state index is 13.5. The maximum atomic E-state index is 13.5. The van der Waals surface area contributed by atoms with Crippen molar-refractivity contribution in [2.45, 2.75) is 19.4 Å². The molecule has 1 fully saturated rings. The van der Waals surface area contributed by atoms with Crippen molar-refractivity contribution in [2.75, 3.05) is 46.2 Å². The van der Waals surface area contributed by atoms with Gasteiger partial charge < -0.3 is 24.6 Å². The van der Waals surface area contributed by atoms with Gasteiger partial charge in [-0.05, 0) is 74.3 Å². The number of nitrogens with one attached hydrogen (secondary N) is 2. The summed E-state index contributed by atoms with van der Waals surface area (Å²) in [6.07, 6.45) is 5.75. The summed E-state index contributed by atoms with van der Waals surface area (Å²) in [6, 6.07) is 13.5. The number of hydrogen-bond donors (Lipinski definition) is 2. The molecule has 2 N–H and O–H groups in total. The minimum Gasteiger partial charge on any atom is -0.497 e. The third-order valence-electron chi connectivity index (χ3n) is 6.39. The highest BCUT2D eigenvalue weighted by Gasteiger charge is 2.24. The van der Waals surface area contributed by atoms with Gasteiger partial charge in [-0.1, -0.05) is 18.2 Å². The van der Waals surface area contributed by atoms with E-state index in [1.165, 1.54) is 0 Å². The molecule has 0 aliphatic carbocycles. The molecule has 1 aliphatic heterocycles. The van der Waals surface area contributed by atoms with Gasteiger partial charge in [-0.25, -0.2) is 4.79 Å². The van der Waals surface area contributed by atoms with Crippen molar-refractivity contribution in [3.8, 4) is 22.6 Å². The van der Waals surface area contributed by atoms with Crippen LogP contribution in [-0.2, 0) is 6.54 Å². The molecule has 2 amide bonds. The monoisotopic (exact) mass is 463 g/mol. The maximum Gasteiger partial charge on any atom is 0.322 e. The number of aromatic nitrogens is 2. The number of piperidine rings is 1. The largest absolute Gasteiger partial charge is 0.497 e. The van der Waals surface area contributed by atoms with Crippen LogP contribution in [0.1, 0.15) is 18.4 Å². The number of benzene rings is 2. The van der Waals surface area contributed by atoms with Gasteiger partial charge in [-0.2, -0.15) is 5.10 Å². The molecule has 2 aromatic carbocycles. The van der Waals surface area contributed by atoms with Crippen molar-refractivity contribution in [3.05, 3.63) is 60.4 Å². The average molecular weight is 464 g/mol. The molecular formula is C26H33N5O3. The van der Waals surface area contributed by atoms with Gasteiger partial charge in [0.05, 0.1) is 26.1 Å². The van der Waals surface area contributed by atoms with Crippen molar-refractivity contribution in [3.63, 3.8) is 0 Å². The number of amides is 2. The molecule has 0 atom stereocenters. The first-order valence-electron chi connectivity index (χ1n) is 11.6. The van der Waals surface area contributed by atoms with Crippen LogP contribution in [0, 0.1) is 5.92 Å². The van der Waals surface area contributed by atoms with Gasteiger partial charge in [0.25, 0.3) is 0 Å². The molecular weight excluding hydrogens is 430 g/mol. The molecule has 180 valence electrons. The molecule has 2 heterocycles. The van der Waals surface area contributed by atoms with Crippen molar-refractivity contribution in [2.24, 2.45) is 5.92 Å². The normalized spacial score (nSPS) is 14.6. The zero-order valence-electron chi connectivity index (χ0n) is 20.1. The van der Waals surface area contributed by atoms with E-state index in [2.05, 4.69) is 27.5 Å². The molecule has 34 heavy (non-hydrogen) atoms. The Morgan fingerprint density at radius 1 is 1.15 bits per heavy atom. The Balaban J connectivity index is 1.53. The van der Waals surface area contributed by atoms with Gasteiger partial charge in [0.1, 0.15) is 11.5 Å². The number of urea groups is 1. The van der Waals surface area contributed by atoms with E-state index in [4.69, 9.17) is 9.47 Å². The number of methoxy groups -OCH3 is 2. The van der Waals surface area contributed by atoms with Gasteiger partial charge in [0.2, 0.25) is 0 Å². The zero-order valence-corrected chi connectivity index (χ0v) is 20.1. The fourth-order valence-electron chi connectivity index (χ4n) is 4.34. The lowest BCUT2D eigenvalue weighted by atomic mass is 9.96. The first-order valence-corrected chi connectivity index (χ1v) is 11.6. The fourth-order valence-corrected chi connectivity index (χ4v) is 4.34. The summed E-state index contributed by atoms with van der Waals surface area (Å²) in [7, 11) is 5.41. The number of H-pyrrole nitrogens is 1. The number of anilines is 1. The Bertz CT molecular complexity index is 1080. The van der Waals surface area contributed by atoms with Gasteiger partial charge >= 0.3 is 6.03 Å². The third kappa shape index (κ3) is 5.88. The molecule has 0 saturated carbocycles. The number of rotatable bonds is 8. The Hall–Kier alpha value is -3.52. The summed E-state index contributed by atoms with van der Waals surface area (Å²) < 4.78 is 11.0. The molecule has 4 rings (SSSR count). The number of carbonyl (C=O) groups excluding carboxylic acids is 1. The lowest BCUT2D eigenvalue weighted by Gasteiger charge is -2.33. The molecule has 0 unspecified atom stereocenters. The minimum atomic E-state index is -0.142. The van der Waals surface area contributed by atoms with Gasteiger partial charge in [-0.3, -0.25) is 5.10 Å². The van der Waals surface area contributed by atoms with Crippen molar-refractivity contribution < 1.29 is 14.3 Å². The Kier molecular flexibility index (Phi) is 7.69. The third-order valence-corrected chi connectivity index (χ3v) is 6.39. The van der Waals surface area contributed by atoms with Crippen LogP contribution >= 0.6 is 0 Å². The molecule has 1 saturated heterocycles. The van der Waals surface area contributed by atoms with Gasteiger partial charge in [0.15, 0.2) is 0 Å². The predicted molar refractivity (Wildman–Crippen MR) is 133 cm³/mol. The van der Waals surface area contributed by atoms with Crippen LogP contribution < -0.4 is 14.8 Å². The van der Waals surface area contributed by atoms with Gasteiger partial charge in [0, 0.05) is 24.8 Å². The Morgan fingerprint density at radius 3 is 2.68 bits per heavy atom. The topological polar surface area (TPSA) is 82.7 Å². The first kappa shape index (κ1) is 23.6. The van der Waals surface area contributed by atoms with E-state index >= 15 is 0 Å². The average Bonchev–Trinajstić information content (AvgIpc) is 3.40. The van der Waals surface area contributed by atoms with Crippen molar-refractivity contribution in [1.29, 1.82) is 0 Å². The molecule has 0 bridgehead atoms. The highest BCUT2D eigenvalue weighted by Crippen LogP contribution is 2.31. The van der Waals surface area contributed by atoms with Crippen molar-refractivity contribution >= 4 is 11.7 Å². The minimum absolute atomic E-state index is 0.142. The van der Waals surface area contributed by atoms with Crippen LogP contribution in [0.4, 0.5) is 10.5 Å². The van der Waals surface area contributed by atoms with Crippen molar-refractivity contribution in [1.82, 2.24) is 20.0 Å². The number of nitrogens with zero attached hydrogens (tertiary/aromatic N) is 3. The number of ether oxygens (including phenoxy) is 2. The number of aromatic amines is 1. The highest BCUT2D eigenvalue weighted by molar-refractivity contribution is 5.91. The smallest absolute Gasteiger partial charge is 0.322 e. The lowest BCUT2D eigenvalue weighted by Crippen LogP contribution is -2.41. The van der Waals surface area contributed by atoms with E-state index in [1.54, 1.807) is 20.4 Å². The molecule has 3 aromatic rings. The molecule has 1 aromatic heterocycles. The molecule has 8 nitrogen and oxygen atoms in total.